The molecule has 3 aromatic heterocycles. The van der Waals surface area contributed by atoms with Crippen LogP contribution in [0.3, 0.4) is 0 Å². The number of fused-ring (bicyclic) bond motifs is 2. The Morgan fingerprint density at radius 2 is 2.03 bits per heavy atom. The Morgan fingerprint density at radius 3 is 2.87 bits per heavy atom. The molecule has 0 unspecified atom stereocenters. The van der Waals surface area contributed by atoms with Crippen molar-refractivity contribution in [1.29, 1.82) is 0 Å². The smallest absolute Gasteiger partial charge is 0.285 e. The predicted octanol–water partition coefficient (Wildman–Crippen LogP) is 4.35. The fourth-order valence-electron chi connectivity index (χ4n) is 3.91. The summed E-state index contributed by atoms with van der Waals surface area (Å²) in [5, 5.41) is 7.96. The van der Waals surface area contributed by atoms with Gasteiger partial charge < -0.3 is 0 Å². The lowest BCUT2D eigenvalue weighted by Crippen LogP contribution is -2.48. The van der Waals surface area contributed by atoms with Crippen molar-refractivity contribution in [1.82, 2.24) is 19.6 Å². The molecule has 1 aromatic carbocycles. The van der Waals surface area contributed by atoms with Gasteiger partial charge in [0.15, 0.2) is 5.69 Å². The first kappa shape index (κ1) is 18.7. The lowest BCUT2D eigenvalue weighted by molar-refractivity contribution is 0.0732. The Hall–Kier alpha value is -3.26. The summed E-state index contributed by atoms with van der Waals surface area (Å²) in [6.45, 7) is 0.536. The van der Waals surface area contributed by atoms with Gasteiger partial charge in [0.1, 0.15) is 0 Å². The SMILES string of the molecule is CN1c2c(cccc2-c2ccnc(F)c2)CCN1C(=O)c1cc2ccc(Br)cn2n1. The van der Waals surface area contributed by atoms with Gasteiger partial charge in [-0.05, 0) is 57.7 Å². The van der Waals surface area contributed by atoms with Crippen LogP contribution in [-0.4, -0.2) is 39.1 Å². The van der Waals surface area contributed by atoms with E-state index >= 15 is 0 Å². The maximum Gasteiger partial charge on any atom is 0.292 e. The summed E-state index contributed by atoms with van der Waals surface area (Å²) >= 11 is 3.42. The Kier molecular flexibility index (Phi) is 4.51. The van der Waals surface area contributed by atoms with E-state index < -0.39 is 5.95 Å². The van der Waals surface area contributed by atoms with Crippen molar-refractivity contribution in [3.05, 3.63) is 82.6 Å². The molecule has 0 bridgehead atoms. The molecule has 4 aromatic rings. The Bertz CT molecular complexity index is 1290. The number of carbonyl (C=O) groups is 1. The van der Waals surface area contributed by atoms with E-state index in [2.05, 4.69) is 26.0 Å². The molecule has 0 spiro atoms. The third-order valence-electron chi connectivity index (χ3n) is 5.31. The Morgan fingerprint density at radius 1 is 1.17 bits per heavy atom. The summed E-state index contributed by atoms with van der Waals surface area (Å²) in [5.41, 5.74) is 4.78. The third-order valence-corrected chi connectivity index (χ3v) is 5.78. The molecular weight excluding hydrogens is 449 g/mol. The standard InChI is InChI=1S/C22H17BrFN5O/c1-27-21-14(3-2-4-18(21)15-7-9-25-20(24)11-15)8-10-29(27)22(30)19-12-17-6-5-16(23)13-28(17)26-19/h2-7,9,11-13H,8,10H2,1H3. The number of halogens is 2. The number of aromatic nitrogens is 3. The molecule has 0 saturated heterocycles. The second-order valence-corrected chi connectivity index (χ2v) is 8.04. The van der Waals surface area contributed by atoms with Gasteiger partial charge in [-0.3, -0.25) is 9.80 Å². The number of nitrogens with zero attached hydrogens (tertiary/aromatic N) is 5. The minimum atomic E-state index is -0.535. The molecule has 0 fully saturated rings. The number of hydrogen-bond donors (Lipinski definition) is 0. The maximum atomic E-state index is 13.7. The van der Waals surface area contributed by atoms with Crippen LogP contribution >= 0.6 is 15.9 Å². The molecule has 0 saturated carbocycles. The van der Waals surface area contributed by atoms with E-state index in [9.17, 15) is 9.18 Å². The molecule has 0 aliphatic carbocycles. The van der Waals surface area contributed by atoms with Crippen LogP contribution in [0.2, 0.25) is 0 Å². The minimum absolute atomic E-state index is 0.182. The molecular formula is C22H17BrFN5O. The van der Waals surface area contributed by atoms with Crippen molar-refractivity contribution in [2.24, 2.45) is 0 Å². The van der Waals surface area contributed by atoms with Crippen molar-refractivity contribution in [2.45, 2.75) is 6.42 Å². The summed E-state index contributed by atoms with van der Waals surface area (Å²) < 4.78 is 16.3. The zero-order chi connectivity index (χ0) is 20.8. The van der Waals surface area contributed by atoms with Crippen LogP contribution in [0.1, 0.15) is 16.1 Å². The molecule has 4 heterocycles. The molecule has 5 rings (SSSR count). The van der Waals surface area contributed by atoms with Crippen molar-refractivity contribution in [2.75, 3.05) is 18.6 Å². The van der Waals surface area contributed by atoms with Crippen LogP contribution in [0.4, 0.5) is 10.1 Å². The van der Waals surface area contributed by atoms with E-state index in [0.29, 0.717) is 18.7 Å². The number of hydrogen-bond acceptors (Lipinski definition) is 4. The fourth-order valence-corrected chi connectivity index (χ4v) is 4.24. The number of rotatable bonds is 2. The average Bonchev–Trinajstić information content (AvgIpc) is 3.16. The van der Waals surface area contributed by atoms with Crippen LogP contribution in [-0.2, 0) is 6.42 Å². The van der Waals surface area contributed by atoms with Gasteiger partial charge in [0, 0.05) is 42.1 Å². The molecule has 8 heteroatoms. The zero-order valence-corrected chi connectivity index (χ0v) is 17.7. The number of benzene rings is 1. The number of anilines is 1. The Balaban J connectivity index is 1.54. The lowest BCUT2D eigenvalue weighted by Gasteiger charge is -2.39. The molecule has 1 aliphatic heterocycles. The van der Waals surface area contributed by atoms with Crippen molar-refractivity contribution in [3.63, 3.8) is 0 Å². The number of para-hydroxylation sites is 1. The first-order chi connectivity index (χ1) is 14.5. The van der Waals surface area contributed by atoms with Crippen LogP contribution in [0, 0.1) is 5.95 Å². The summed E-state index contributed by atoms with van der Waals surface area (Å²) in [6, 6.07) is 14.7. The predicted molar refractivity (Wildman–Crippen MR) is 116 cm³/mol. The van der Waals surface area contributed by atoms with Gasteiger partial charge >= 0.3 is 0 Å². The summed E-state index contributed by atoms with van der Waals surface area (Å²) in [7, 11) is 1.85. The Labute approximate surface area is 180 Å². The lowest BCUT2D eigenvalue weighted by atomic mass is 9.97. The van der Waals surface area contributed by atoms with E-state index in [1.165, 1.54) is 12.3 Å². The molecule has 1 aliphatic rings. The second kappa shape index (κ2) is 7.21. The van der Waals surface area contributed by atoms with Gasteiger partial charge in [0.05, 0.1) is 11.2 Å². The van der Waals surface area contributed by atoms with Crippen molar-refractivity contribution in [3.8, 4) is 11.1 Å². The van der Waals surface area contributed by atoms with Gasteiger partial charge in [-0.15, -0.1) is 0 Å². The largest absolute Gasteiger partial charge is 0.292 e. The van der Waals surface area contributed by atoms with Crippen LogP contribution in [0.5, 0.6) is 0 Å². The number of pyridine rings is 2. The van der Waals surface area contributed by atoms with E-state index in [0.717, 1.165) is 32.4 Å². The van der Waals surface area contributed by atoms with Gasteiger partial charge in [0.25, 0.3) is 5.91 Å². The van der Waals surface area contributed by atoms with E-state index in [-0.39, 0.29) is 5.91 Å². The molecule has 0 N–H and O–H groups in total. The summed E-state index contributed by atoms with van der Waals surface area (Å²) in [6.07, 6.45) is 3.97. The van der Waals surface area contributed by atoms with Crippen LogP contribution in [0.15, 0.2) is 65.4 Å². The summed E-state index contributed by atoms with van der Waals surface area (Å²) in [5.74, 6) is -0.717. The first-order valence-electron chi connectivity index (χ1n) is 9.45. The van der Waals surface area contributed by atoms with Gasteiger partial charge in [-0.2, -0.15) is 9.49 Å². The average molecular weight is 466 g/mol. The highest BCUT2D eigenvalue weighted by atomic mass is 79.9. The number of amides is 1. The van der Waals surface area contributed by atoms with Crippen molar-refractivity contribution < 1.29 is 9.18 Å². The molecule has 6 nitrogen and oxygen atoms in total. The van der Waals surface area contributed by atoms with Gasteiger partial charge in [-0.25, -0.2) is 14.5 Å². The van der Waals surface area contributed by atoms with Crippen LogP contribution in [0.25, 0.3) is 16.6 Å². The number of hydrazine groups is 1. The highest BCUT2D eigenvalue weighted by Gasteiger charge is 2.30. The molecule has 150 valence electrons. The minimum Gasteiger partial charge on any atom is -0.285 e. The van der Waals surface area contributed by atoms with E-state index in [4.69, 9.17) is 0 Å². The molecule has 1 amide bonds. The summed E-state index contributed by atoms with van der Waals surface area (Å²) in [4.78, 5) is 17.0. The molecule has 0 atom stereocenters. The zero-order valence-electron chi connectivity index (χ0n) is 16.1. The maximum absolute atomic E-state index is 13.7. The highest BCUT2D eigenvalue weighted by molar-refractivity contribution is 9.10. The number of carbonyl (C=O) groups excluding carboxylic acids is 1. The molecule has 30 heavy (non-hydrogen) atoms. The van der Waals surface area contributed by atoms with Crippen LogP contribution < -0.4 is 5.01 Å². The second-order valence-electron chi connectivity index (χ2n) is 7.13. The fraction of sp³-hybridized carbons (Fsp3) is 0.136. The third kappa shape index (κ3) is 3.13. The van der Waals surface area contributed by atoms with Crippen molar-refractivity contribution >= 4 is 33.0 Å². The molecule has 0 radical (unpaired) electrons. The first-order valence-corrected chi connectivity index (χ1v) is 10.2. The van der Waals surface area contributed by atoms with E-state index in [1.54, 1.807) is 21.7 Å². The topological polar surface area (TPSA) is 53.7 Å². The highest BCUT2D eigenvalue weighted by Crippen LogP contribution is 2.37. The van der Waals surface area contributed by atoms with Gasteiger partial charge in [0.2, 0.25) is 5.95 Å². The quantitative estimate of drug-likeness (QED) is 0.413. The van der Waals surface area contributed by atoms with E-state index in [1.807, 2.05) is 48.6 Å². The van der Waals surface area contributed by atoms with Gasteiger partial charge in [-0.1, -0.05) is 18.2 Å². The normalized spacial score (nSPS) is 13.6. The monoisotopic (exact) mass is 465 g/mol.